The van der Waals surface area contributed by atoms with Crippen molar-refractivity contribution in [2.24, 2.45) is 5.92 Å². The lowest BCUT2D eigenvalue weighted by atomic mass is 10.0. The van der Waals surface area contributed by atoms with Gasteiger partial charge in [-0.25, -0.2) is 0 Å². The number of nitrogens with one attached hydrogen (secondary N) is 1. The second-order valence-electron chi connectivity index (χ2n) is 14.9. The molecule has 0 spiro atoms. The van der Waals surface area contributed by atoms with Crippen LogP contribution in [0.2, 0.25) is 0 Å². The number of carbonyl (C=O) groups is 4. The number of rotatable bonds is 12. The summed E-state index contributed by atoms with van der Waals surface area (Å²) in [5.41, 5.74) is 5.96. The van der Waals surface area contributed by atoms with Crippen molar-refractivity contribution in [2.45, 2.75) is 57.8 Å². The molecule has 0 bridgehead atoms. The van der Waals surface area contributed by atoms with Crippen molar-refractivity contribution >= 4 is 23.7 Å². The molecule has 0 aromatic heterocycles. The maximum Gasteiger partial charge on any atom is 0.310 e. The van der Waals surface area contributed by atoms with Crippen LogP contribution in [0.15, 0.2) is 121 Å². The molecule has 3 amide bonds. The summed E-state index contributed by atoms with van der Waals surface area (Å²) in [6.07, 6.45) is 6.49. The Bertz CT molecular complexity index is 2150. The molecule has 1 N–H and O–H groups in total. The van der Waals surface area contributed by atoms with E-state index in [1.165, 1.54) is 7.11 Å². The van der Waals surface area contributed by atoms with Crippen molar-refractivity contribution in [3.8, 4) is 22.6 Å². The van der Waals surface area contributed by atoms with Crippen LogP contribution in [0.3, 0.4) is 0 Å². The Morgan fingerprint density at radius 1 is 0.776 bits per heavy atom. The smallest absolute Gasteiger partial charge is 0.310 e. The predicted molar refractivity (Wildman–Crippen MR) is 219 cm³/mol. The summed E-state index contributed by atoms with van der Waals surface area (Å²) in [5, 5.41) is 3.01. The maximum absolute atomic E-state index is 13.3. The molecule has 300 valence electrons. The molecule has 2 fully saturated rings. The number of hydrogen-bond acceptors (Lipinski definition) is 8. The van der Waals surface area contributed by atoms with Crippen LogP contribution in [-0.4, -0.2) is 79.5 Å². The fourth-order valence-electron chi connectivity index (χ4n) is 7.61. The lowest BCUT2D eigenvalue weighted by Crippen LogP contribution is -2.41. The van der Waals surface area contributed by atoms with Gasteiger partial charge in [0, 0.05) is 50.0 Å². The Hall–Kier alpha value is -6.36. The minimum absolute atomic E-state index is 0.0663. The van der Waals surface area contributed by atoms with Crippen molar-refractivity contribution in [3.05, 3.63) is 143 Å². The summed E-state index contributed by atoms with van der Waals surface area (Å²) in [6.45, 7) is 4.08. The van der Waals surface area contributed by atoms with E-state index in [2.05, 4.69) is 5.32 Å². The van der Waals surface area contributed by atoms with Crippen molar-refractivity contribution in [1.82, 2.24) is 15.1 Å². The van der Waals surface area contributed by atoms with E-state index in [0.717, 1.165) is 52.2 Å². The van der Waals surface area contributed by atoms with Gasteiger partial charge in [0.1, 0.15) is 30.0 Å². The molecule has 2 atom stereocenters. The third kappa shape index (κ3) is 9.59. The number of esters is 1. The molecule has 4 aromatic rings. The number of ether oxygens (including phenoxy) is 4. The van der Waals surface area contributed by atoms with E-state index >= 15 is 0 Å². The van der Waals surface area contributed by atoms with Crippen LogP contribution in [0.5, 0.6) is 11.5 Å². The Kier molecular flexibility index (Phi) is 12.6. The van der Waals surface area contributed by atoms with Crippen molar-refractivity contribution in [3.63, 3.8) is 0 Å². The Morgan fingerprint density at radius 3 is 2.07 bits per heavy atom. The first-order valence-electron chi connectivity index (χ1n) is 19.8. The van der Waals surface area contributed by atoms with Crippen LogP contribution in [-0.2, 0) is 25.7 Å². The molecule has 4 aromatic carbocycles. The van der Waals surface area contributed by atoms with E-state index in [4.69, 9.17) is 18.9 Å². The quantitative estimate of drug-likeness (QED) is 0.149. The van der Waals surface area contributed by atoms with E-state index in [1.807, 2.05) is 103 Å². The number of hydrogen-bond donors (Lipinski definition) is 1. The van der Waals surface area contributed by atoms with Crippen LogP contribution >= 0.6 is 0 Å². The minimum Gasteiger partial charge on any atom is -0.495 e. The average Bonchev–Trinajstić information content (AvgIpc) is 3.53. The SMILES string of the molecule is COC(=O)C1CC(=O)N(C2C=CC(OC)=C(NC(=O)c3ccc(-c4ccc(OCc5ccc(OC6CCN(C(=O)c7ccc(C)cc7)CC6)cc5)cc4)cc3)CC2)C1. The fourth-order valence-corrected chi connectivity index (χ4v) is 7.61. The molecule has 1 aliphatic carbocycles. The van der Waals surface area contributed by atoms with Crippen molar-refractivity contribution in [2.75, 3.05) is 33.9 Å². The molecule has 11 heteroatoms. The highest BCUT2D eigenvalue weighted by Crippen LogP contribution is 2.29. The monoisotopic (exact) mass is 783 g/mol. The molecule has 58 heavy (non-hydrogen) atoms. The van der Waals surface area contributed by atoms with Gasteiger partial charge in [-0.1, -0.05) is 60.2 Å². The number of methoxy groups -OCH3 is 2. The number of piperidine rings is 1. The molecule has 11 nitrogen and oxygen atoms in total. The van der Waals surface area contributed by atoms with Crippen LogP contribution in [0.1, 0.15) is 63.9 Å². The summed E-state index contributed by atoms with van der Waals surface area (Å²) in [4.78, 5) is 54.5. The van der Waals surface area contributed by atoms with E-state index in [1.54, 1.807) is 30.2 Å². The predicted octanol–water partition coefficient (Wildman–Crippen LogP) is 7.25. The third-order valence-corrected chi connectivity index (χ3v) is 11.0. The first kappa shape index (κ1) is 39.9. The normalized spacial score (nSPS) is 18.4. The molecule has 7 rings (SSSR count). The number of aryl methyl sites for hydroxylation is 1. The second-order valence-corrected chi connectivity index (χ2v) is 14.9. The van der Waals surface area contributed by atoms with Crippen LogP contribution < -0.4 is 14.8 Å². The van der Waals surface area contributed by atoms with Gasteiger partial charge in [-0.3, -0.25) is 19.2 Å². The molecule has 3 aliphatic rings. The number of likely N-dealkylation sites (tertiary alicyclic amines) is 2. The van der Waals surface area contributed by atoms with E-state index < -0.39 is 5.92 Å². The number of benzene rings is 4. The van der Waals surface area contributed by atoms with Crippen molar-refractivity contribution < 1.29 is 38.1 Å². The van der Waals surface area contributed by atoms with Gasteiger partial charge in [0.25, 0.3) is 11.8 Å². The van der Waals surface area contributed by atoms with Crippen LogP contribution in [0.4, 0.5) is 0 Å². The maximum atomic E-state index is 13.3. The largest absolute Gasteiger partial charge is 0.495 e. The molecule has 0 saturated carbocycles. The van der Waals surface area contributed by atoms with Gasteiger partial charge in [-0.05, 0) is 91.1 Å². The lowest BCUT2D eigenvalue weighted by Gasteiger charge is -2.32. The lowest BCUT2D eigenvalue weighted by molar-refractivity contribution is -0.145. The molecule has 2 saturated heterocycles. The third-order valence-electron chi connectivity index (χ3n) is 11.0. The van der Waals surface area contributed by atoms with Gasteiger partial charge in [0.05, 0.1) is 31.9 Å². The van der Waals surface area contributed by atoms with Crippen LogP contribution in [0, 0.1) is 12.8 Å². The second kappa shape index (κ2) is 18.3. The van der Waals surface area contributed by atoms with Gasteiger partial charge in [0.2, 0.25) is 5.91 Å². The highest BCUT2D eigenvalue weighted by atomic mass is 16.5. The van der Waals surface area contributed by atoms with Crippen molar-refractivity contribution in [1.29, 1.82) is 0 Å². The standard InChI is InChI=1S/C47H49N3O8/c1-31-4-8-36(9-5-31)46(53)49-26-24-41(25-27-49)58-40-18-6-32(7-19-40)30-57-39-20-14-34(15-21-39)33-10-12-35(13-11-33)45(52)48-42-22-16-38(17-23-43(42)55-2)50-29-37(28-44(50)51)47(54)56-3/h4-15,17-21,23,37-38,41H,16,22,24-30H2,1-3H3,(H,48,52). The van der Waals surface area contributed by atoms with Gasteiger partial charge >= 0.3 is 5.97 Å². The van der Waals surface area contributed by atoms with Gasteiger partial charge in [0.15, 0.2) is 0 Å². The number of nitrogens with zero attached hydrogens (tertiary/aromatic N) is 2. The van der Waals surface area contributed by atoms with E-state index in [-0.39, 0.29) is 42.3 Å². The zero-order chi connectivity index (χ0) is 40.6. The highest BCUT2D eigenvalue weighted by Gasteiger charge is 2.38. The summed E-state index contributed by atoms with van der Waals surface area (Å²) in [5.74, 6) is 0.938. The number of carbonyl (C=O) groups excluding carboxylic acids is 4. The summed E-state index contributed by atoms with van der Waals surface area (Å²) in [6, 6.07) is 30.7. The Labute approximate surface area is 339 Å². The zero-order valence-corrected chi connectivity index (χ0v) is 33.1. The first-order chi connectivity index (χ1) is 28.2. The summed E-state index contributed by atoms with van der Waals surface area (Å²) >= 11 is 0. The van der Waals surface area contributed by atoms with Gasteiger partial charge in [-0.2, -0.15) is 0 Å². The van der Waals surface area contributed by atoms with Crippen LogP contribution in [0.25, 0.3) is 11.1 Å². The Morgan fingerprint density at radius 2 is 1.41 bits per heavy atom. The molecule has 2 heterocycles. The molecule has 2 aliphatic heterocycles. The summed E-state index contributed by atoms with van der Waals surface area (Å²) < 4.78 is 22.8. The zero-order valence-electron chi connectivity index (χ0n) is 33.1. The molecule has 2 unspecified atom stereocenters. The summed E-state index contributed by atoms with van der Waals surface area (Å²) in [7, 11) is 2.88. The average molecular weight is 784 g/mol. The van der Waals surface area contributed by atoms with E-state index in [9.17, 15) is 19.2 Å². The van der Waals surface area contributed by atoms with Gasteiger partial charge < -0.3 is 34.1 Å². The minimum atomic E-state index is -0.472. The fraction of sp³-hybridized carbons (Fsp3) is 0.319. The molecular weight excluding hydrogens is 735 g/mol. The topological polar surface area (TPSA) is 124 Å². The highest BCUT2D eigenvalue weighted by molar-refractivity contribution is 5.96. The molecular formula is C47H49N3O8. The molecule has 0 radical (unpaired) electrons. The number of amides is 3. The Balaban J connectivity index is 0.857. The van der Waals surface area contributed by atoms with E-state index in [0.29, 0.717) is 56.1 Å². The number of allylic oxidation sites excluding steroid dienone is 2. The van der Waals surface area contributed by atoms with Gasteiger partial charge in [-0.15, -0.1) is 0 Å². The first-order valence-corrected chi connectivity index (χ1v) is 19.8.